The highest BCUT2D eigenvalue weighted by Gasteiger charge is 2.16. The first-order valence-corrected chi connectivity index (χ1v) is 10.5. The molecule has 0 amide bonds. The molecule has 8 heteroatoms. The zero-order chi connectivity index (χ0) is 21.9. The minimum absolute atomic E-state index is 0.176. The Morgan fingerprint density at radius 1 is 1.06 bits per heavy atom. The van der Waals surface area contributed by atoms with Gasteiger partial charge in [-0.2, -0.15) is 10.1 Å². The van der Waals surface area contributed by atoms with E-state index in [9.17, 15) is 4.79 Å². The van der Waals surface area contributed by atoms with E-state index in [1.165, 1.54) is 0 Å². The molecular formula is C24H22N6O2. The van der Waals surface area contributed by atoms with Crippen LogP contribution in [-0.2, 0) is 6.42 Å². The molecule has 5 aromatic rings. The molecular weight excluding hydrogens is 404 g/mol. The van der Waals surface area contributed by atoms with Crippen molar-refractivity contribution >= 4 is 27.9 Å². The van der Waals surface area contributed by atoms with Crippen molar-refractivity contribution in [1.29, 1.82) is 0 Å². The summed E-state index contributed by atoms with van der Waals surface area (Å²) in [6, 6.07) is 17.5. The molecule has 0 bridgehead atoms. The smallest absolute Gasteiger partial charge is 0.267 e. The lowest BCUT2D eigenvalue weighted by molar-refractivity contribution is 0.340. The molecule has 160 valence electrons. The SMILES string of the molecule is CCOc1cccc(CCNc2ncc3c4[nH]ncc4c(=O)n(-c4ccccc4)c3n2)c1. The number of H-pyrrole nitrogens is 1. The van der Waals surface area contributed by atoms with Crippen LogP contribution < -0.4 is 15.6 Å². The lowest BCUT2D eigenvalue weighted by atomic mass is 10.1. The highest BCUT2D eigenvalue weighted by atomic mass is 16.5. The topological polar surface area (TPSA) is 97.7 Å². The number of fused-ring (bicyclic) bond motifs is 3. The van der Waals surface area contributed by atoms with Gasteiger partial charge in [0.25, 0.3) is 5.56 Å². The first-order valence-electron chi connectivity index (χ1n) is 10.5. The van der Waals surface area contributed by atoms with Crippen LogP contribution in [0.15, 0.2) is 71.8 Å². The number of nitrogens with one attached hydrogen (secondary N) is 2. The Labute approximate surface area is 183 Å². The van der Waals surface area contributed by atoms with Crippen LogP contribution in [-0.4, -0.2) is 37.9 Å². The van der Waals surface area contributed by atoms with E-state index >= 15 is 0 Å². The molecule has 32 heavy (non-hydrogen) atoms. The molecule has 0 aliphatic carbocycles. The maximum Gasteiger partial charge on any atom is 0.267 e. The second kappa shape index (κ2) is 8.50. The van der Waals surface area contributed by atoms with Crippen molar-refractivity contribution in [2.75, 3.05) is 18.5 Å². The van der Waals surface area contributed by atoms with Crippen LogP contribution in [0, 0.1) is 0 Å². The van der Waals surface area contributed by atoms with Gasteiger partial charge in [0.2, 0.25) is 5.95 Å². The van der Waals surface area contributed by atoms with E-state index in [4.69, 9.17) is 4.74 Å². The van der Waals surface area contributed by atoms with Gasteiger partial charge in [0.05, 0.1) is 34.8 Å². The molecule has 3 heterocycles. The molecule has 5 rings (SSSR count). The summed E-state index contributed by atoms with van der Waals surface area (Å²) in [5.74, 6) is 1.32. The fraction of sp³-hybridized carbons (Fsp3) is 0.167. The maximum absolute atomic E-state index is 13.2. The molecule has 0 radical (unpaired) electrons. The largest absolute Gasteiger partial charge is 0.494 e. The Kier molecular flexibility index (Phi) is 5.25. The van der Waals surface area contributed by atoms with Gasteiger partial charge in [-0.25, -0.2) is 4.98 Å². The molecule has 0 aliphatic heterocycles. The molecule has 0 saturated carbocycles. The molecule has 0 saturated heterocycles. The molecule has 0 spiro atoms. The van der Waals surface area contributed by atoms with Gasteiger partial charge in [0.1, 0.15) is 5.75 Å². The summed E-state index contributed by atoms with van der Waals surface area (Å²) in [6.07, 6.45) is 4.05. The number of benzene rings is 2. The monoisotopic (exact) mass is 426 g/mol. The van der Waals surface area contributed by atoms with Crippen LogP contribution in [0.1, 0.15) is 12.5 Å². The zero-order valence-corrected chi connectivity index (χ0v) is 17.6. The lowest BCUT2D eigenvalue weighted by Crippen LogP contribution is -2.20. The number of hydrogen-bond acceptors (Lipinski definition) is 6. The van der Waals surface area contributed by atoms with Crippen LogP contribution in [0.3, 0.4) is 0 Å². The van der Waals surface area contributed by atoms with Crippen molar-refractivity contribution in [3.05, 3.63) is 82.9 Å². The summed E-state index contributed by atoms with van der Waals surface area (Å²) in [6.45, 7) is 3.25. The van der Waals surface area contributed by atoms with Crippen molar-refractivity contribution < 1.29 is 4.74 Å². The van der Waals surface area contributed by atoms with Crippen LogP contribution >= 0.6 is 0 Å². The summed E-state index contributed by atoms with van der Waals surface area (Å²) >= 11 is 0. The van der Waals surface area contributed by atoms with Crippen molar-refractivity contribution in [3.8, 4) is 11.4 Å². The van der Waals surface area contributed by atoms with Crippen molar-refractivity contribution in [1.82, 2.24) is 24.7 Å². The van der Waals surface area contributed by atoms with E-state index in [1.54, 1.807) is 17.0 Å². The summed E-state index contributed by atoms with van der Waals surface area (Å²) in [7, 11) is 0. The van der Waals surface area contributed by atoms with Gasteiger partial charge in [-0.3, -0.25) is 14.5 Å². The number of pyridine rings is 1. The second-order valence-electron chi connectivity index (χ2n) is 7.32. The second-order valence-corrected chi connectivity index (χ2v) is 7.32. The highest BCUT2D eigenvalue weighted by Crippen LogP contribution is 2.22. The van der Waals surface area contributed by atoms with E-state index < -0.39 is 0 Å². The Bertz CT molecular complexity index is 1440. The summed E-state index contributed by atoms with van der Waals surface area (Å²) in [5.41, 5.74) is 2.88. The van der Waals surface area contributed by atoms with Gasteiger partial charge in [0, 0.05) is 12.7 Å². The molecule has 2 N–H and O–H groups in total. The zero-order valence-electron chi connectivity index (χ0n) is 17.6. The van der Waals surface area contributed by atoms with Gasteiger partial charge in [-0.15, -0.1) is 0 Å². The van der Waals surface area contributed by atoms with Gasteiger partial charge in [-0.05, 0) is 43.2 Å². The Balaban J connectivity index is 1.49. The lowest BCUT2D eigenvalue weighted by Gasteiger charge is -2.12. The van der Waals surface area contributed by atoms with E-state index in [1.807, 2.05) is 55.5 Å². The first kappa shape index (κ1) is 19.7. The molecule has 0 atom stereocenters. The third-order valence-corrected chi connectivity index (χ3v) is 5.24. The Morgan fingerprint density at radius 2 is 1.94 bits per heavy atom. The van der Waals surface area contributed by atoms with Crippen LogP contribution in [0.5, 0.6) is 5.75 Å². The molecule has 8 nitrogen and oxygen atoms in total. The summed E-state index contributed by atoms with van der Waals surface area (Å²) in [4.78, 5) is 22.4. The Hall–Kier alpha value is -4.20. The van der Waals surface area contributed by atoms with Gasteiger partial charge in [-0.1, -0.05) is 30.3 Å². The van der Waals surface area contributed by atoms with Gasteiger partial charge < -0.3 is 10.1 Å². The molecule has 0 fully saturated rings. The average molecular weight is 426 g/mol. The Morgan fingerprint density at radius 3 is 2.78 bits per heavy atom. The number of anilines is 1. The van der Waals surface area contributed by atoms with E-state index in [0.29, 0.717) is 35.7 Å². The van der Waals surface area contributed by atoms with Crippen LogP contribution in [0.25, 0.3) is 27.6 Å². The quantitative estimate of drug-likeness (QED) is 0.412. The molecule has 3 aromatic heterocycles. The number of ether oxygens (including phenoxy) is 1. The van der Waals surface area contributed by atoms with E-state index in [2.05, 4.69) is 31.5 Å². The van der Waals surface area contributed by atoms with Crippen LogP contribution in [0.4, 0.5) is 5.95 Å². The minimum atomic E-state index is -0.176. The third kappa shape index (κ3) is 3.66. The predicted octanol–water partition coefficient (Wildman–Crippen LogP) is 3.71. The number of hydrogen-bond donors (Lipinski definition) is 2. The average Bonchev–Trinajstić information content (AvgIpc) is 3.31. The first-order chi connectivity index (χ1) is 15.7. The van der Waals surface area contributed by atoms with Crippen molar-refractivity contribution in [2.24, 2.45) is 0 Å². The minimum Gasteiger partial charge on any atom is -0.494 e. The molecule has 2 aromatic carbocycles. The highest BCUT2D eigenvalue weighted by molar-refractivity contribution is 6.02. The fourth-order valence-corrected chi connectivity index (χ4v) is 3.77. The van der Waals surface area contributed by atoms with E-state index in [-0.39, 0.29) is 5.56 Å². The third-order valence-electron chi connectivity index (χ3n) is 5.24. The number of aromatic nitrogens is 5. The van der Waals surface area contributed by atoms with Gasteiger partial charge >= 0.3 is 0 Å². The fourth-order valence-electron chi connectivity index (χ4n) is 3.77. The number of para-hydroxylation sites is 1. The summed E-state index contributed by atoms with van der Waals surface area (Å²) in [5, 5.41) is 11.5. The van der Waals surface area contributed by atoms with Gasteiger partial charge in [0.15, 0.2) is 5.65 Å². The standard InChI is InChI=1S/C24H22N6O2/c1-2-32-18-10-6-7-16(13-18)11-12-25-24-26-14-19-21-20(15-27-29-21)23(31)30(22(19)28-24)17-8-4-3-5-9-17/h3-10,13-15H,2,11-12H2,1H3,(H,27,29)(H,25,26,28). The molecule has 0 aliphatic rings. The molecule has 0 unspecified atom stereocenters. The number of aromatic amines is 1. The van der Waals surface area contributed by atoms with Crippen molar-refractivity contribution in [3.63, 3.8) is 0 Å². The van der Waals surface area contributed by atoms with Crippen LogP contribution in [0.2, 0.25) is 0 Å². The normalized spacial score (nSPS) is 11.2. The maximum atomic E-state index is 13.2. The number of nitrogens with zero attached hydrogens (tertiary/aromatic N) is 4. The predicted molar refractivity (Wildman–Crippen MR) is 125 cm³/mol. The summed E-state index contributed by atoms with van der Waals surface area (Å²) < 4.78 is 7.17. The van der Waals surface area contributed by atoms with Crippen molar-refractivity contribution in [2.45, 2.75) is 13.3 Å². The number of rotatable bonds is 7. The van der Waals surface area contributed by atoms with E-state index in [0.717, 1.165) is 28.8 Å².